The molecular weight excluding hydrogens is 258 g/mol. The molecule has 0 aromatic carbocycles. The number of ether oxygens (including phenoxy) is 1. The van der Waals surface area contributed by atoms with Gasteiger partial charge in [-0.2, -0.15) is 0 Å². The van der Waals surface area contributed by atoms with E-state index < -0.39 is 0 Å². The van der Waals surface area contributed by atoms with Gasteiger partial charge < -0.3 is 9.30 Å². The van der Waals surface area contributed by atoms with Crippen molar-refractivity contribution in [2.75, 3.05) is 6.61 Å². The molecule has 0 saturated carbocycles. The number of imidazole rings is 1. The molecule has 76 valence electrons. The summed E-state index contributed by atoms with van der Waals surface area (Å²) >= 11 is 3.46. The summed E-state index contributed by atoms with van der Waals surface area (Å²) in [7, 11) is 0. The van der Waals surface area contributed by atoms with Crippen LogP contribution in [-0.4, -0.2) is 21.1 Å². The normalized spacial score (nSPS) is 13.7. The summed E-state index contributed by atoms with van der Waals surface area (Å²) in [6, 6.07) is 1.87. The molecule has 2 aromatic heterocycles. The standard InChI is InChI=1S/C10H8BrN3O/c11-9-6-13-10-7-5-12-2-1-8(7)15-4-3-14(9)10/h1-2,5-6H,3-4H2. The van der Waals surface area contributed by atoms with Gasteiger partial charge in [-0.1, -0.05) is 0 Å². The van der Waals surface area contributed by atoms with Crippen molar-refractivity contribution in [1.29, 1.82) is 0 Å². The Morgan fingerprint density at radius 1 is 1.40 bits per heavy atom. The van der Waals surface area contributed by atoms with Crippen LogP contribution in [0.3, 0.4) is 0 Å². The van der Waals surface area contributed by atoms with Gasteiger partial charge >= 0.3 is 0 Å². The van der Waals surface area contributed by atoms with E-state index in [1.807, 2.05) is 6.07 Å². The van der Waals surface area contributed by atoms with Crippen molar-refractivity contribution < 1.29 is 4.74 Å². The second-order valence-electron chi connectivity index (χ2n) is 3.28. The first-order valence-corrected chi connectivity index (χ1v) is 5.44. The monoisotopic (exact) mass is 265 g/mol. The van der Waals surface area contributed by atoms with Gasteiger partial charge in [-0.25, -0.2) is 4.98 Å². The molecule has 0 N–H and O–H groups in total. The van der Waals surface area contributed by atoms with Gasteiger partial charge in [0.05, 0.1) is 18.3 Å². The van der Waals surface area contributed by atoms with Crippen LogP contribution in [0.5, 0.6) is 5.75 Å². The van der Waals surface area contributed by atoms with Gasteiger partial charge in [-0.3, -0.25) is 4.98 Å². The van der Waals surface area contributed by atoms with Gasteiger partial charge in [-0.15, -0.1) is 0 Å². The van der Waals surface area contributed by atoms with Gasteiger partial charge in [-0.05, 0) is 22.0 Å². The molecule has 0 fully saturated rings. The summed E-state index contributed by atoms with van der Waals surface area (Å²) in [4.78, 5) is 8.45. The quantitative estimate of drug-likeness (QED) is 0.733. The van der Waals surface area contributed by atoms with Crippen LogP contribution in [0.1, 0.15) is 0 Å². The Hall–Kier alpha value is -1.36. The fourth-order valence-corrected chi connectivity index (χ4v) is 2.15. The number of fused-ring (bicyclic) bond motifs is 3. The minimum Gasteiger partial charge on any atom is -0.491 e. The molecule has 1 aliphatic rings. The predicted octanol–water partition coefficient (Wildman–Crippen LogP) is 2.10. The zero-order valence-electron chi connectivity index (χ0n) is 7.85. The molecule has 0 atom stereocenters. The Kier molecular flexibility index (Phi) is 1.98. The molecule has 0 spiro atoms. The summed E-state index contributed by atoms with van der Waals surface area (Å²) in [5, 5.41) is 0. The van der Waals surface area contributed by atoms with Crippen LogP contribution in [0.4, 0.5) is 0 Å². The number of hydrogen-bond donors (Lipinski definition) is 0. The summed E-state index contributed by atoms with van der Waals surface area (Å²) < 4.78 is 8.67. The van der Waals surface area contributed by atoms with Crippen molar-refractivity contribution in [3.05, 3.63) is 29.3 Å². The topological polar surface area (TPSA) is 39.9 Å². The molecule has 1 aliphatic heterocycles. The highest BCUT2D eigenvalue weighted by Gasteiger charge is 2.17. The van der Waals surface area contributed by atoms with E-state index in [2.05, 4.69) is 30.5 Å². The molecule has 15 heavy (non-hydrogen) atoms. The third-order valence-corrected chi connectivity index (χ3v) is 3.03. The Morgan fingerprint density at radius 3 is 3.27 bits per heavy atom. The number of hydrogen-bond acceptors (Lipinski definition) is 3. The van der Waals surface area contributed by atoms with Gasteiger partial charge in [0.2, 0.25) is 0 Å². The molecular formula is C10H8BrN3O. The Morgan fingerprint density at radius 2 is 2.33 bits per heavy atom. The number of pyridine rings is 1. The van der Waals surface area contributed by atoms with Crippen LogP contribution in [0.25, 0.3) is 11.4 Å². The summed E-state index contributed by atoms with van der Waals surface area (Å²) in [5.41, 5.74) is 0.945. The Labute approximate surface area is 95.1 Å². The van der Waals surface area contributed by atoms with Crippen molar-refractivity contribution in [1.82, 2.24) is 14.5 Å². The molecule has 0 amide bonds. The highest BCUT2D eigenvalue weighted by atomic mass is 79.9. The molecule has 4 nitrogen and oxygen atoms in total. The Bertz CT molecular complexity index is 509. The molecule has 0 saturated heterocycles. The number of aromatic nitrogens is 3. The molecule has 0 aliphatic carbocycles. The van der Waals surface area contributed by atoms with E-state index in [-0.39, 0.29) is 0 Å². The average Bonchev–Trinajstić information content (AvgIpc) is 2.53. The molecule has 0 unspecified atom stereocenters. The van der Waals surface area contributed by atoms with Crippen LogP contribution in [0.15, 0.2) is 29.3 Å². The summed E-state index contributed by atoms with van der Waals surface area (Å²) in [6.45, 7) is 1.45. The van der Waals surface area contributed by atoms with Crippen molar-refractivity contribution in [2.24, 2.45) is 0 Å². The maximum absolute atomic E-state index is 5.62. The first-order valence-electron chi connectivity index (χ1n) is 4.64. The first kappa shape index (κ1) is 8.91. The zero-order valence-corrected chi connectivity index (χ0v) is 9.44. The number of rotatable bonds is 0. The fraction of sp³-hybridized carbons (Fsp3) is 0.200. The minimum absolute atomic E-state index is 0.652. The maximum atomic E-state index is 5.62. The molecule has 2 aromatic rings. The third kappa shape index (κ3) is 1.34. The van der Waals surface area contributed by atoms with Crippen molar-refractivity contribution >= 4 is 15.9 Å². The van der Waals surface area contributed by atoms with Crippen molar-refractivity contribution in [3.8, 4) is 17.1 Å². The summed E-state index contributed by atoms with van der Waals surface area (Å²) in [6.07, 6.45) is 5.32. The summed E-state index contributed by atoms with van der Waals surface area (Å²) in [5.74, 6) is 1.75. The average molecular weight is 266 g/mol. The molecule has 3 heterocycles. The first-order chi connectivity index (χ1) is 7.36. The van der Waals surface area contributed by atoms with Crippen LogP contribution in [-0.2, 0) is 6.54 Å². The second kappa shape index (κ2) is 3.34. The second-order valence-corrected chi connectivity index (χ2v) is 4.09. The molecule has 0 bridgehead atoms. The van der Waals surface area contributed by atoms with Crippen molar-refractivity contribution in [3.63, 3.8) is 0 Å². The van der Waals surface area contributed by atoms with Crippen LogP contribution < -0.4 is 4.74 Å². The minimum atomic E-state index is 0.652. The smallest absolute Gasteiger partial charge is 0.146 e. The lowest BCUT2D eigenvalue weighted by Gasteiger charge is -2.03. The van der Waals surface area contributed by atoms with E-state index in [1.165, 1.54) is 0 Å². The van der Waals surface area contributed by atoms with Crippen LogP contribution >= 0.6 is 15.9 Å². The van der Waals surface area contributed by atoms with Gasteiger partial charge in [0.25, 0.3) is 0 Å². The largest absolute Gasteiger partial charge is 0.491 e. The van der Waals surface area contributed by atoms with Crippen molar-refractivity contribution in [2.45, 2.75) is 6.54 Å². The maximum Gasteiger partial charge on any atom is 0.146 e. The van der Waals surface area contributed by atoms with E-state index in [4.69, 9.17) is 4.74 Å². The SMILES string of the molecule is Brc1cnc2n1CCOc1ccncc1-2. The fourth-order valence-electron chi connectivity index (χ4n) is 1.70. The van der Waals surface area contributed by atoms with Gasteiger partial charge in [0.1, 0.15) is 22.8 Å². The zero-order chi connectivity index (χ0) is 10.3. The number of nitrogens with zero attached hydrogens (tertiary/aromatic N) is 3. The Balaban J connectivity index is 2.27. The molecule has 5 heteroatoms. The lowest BCUT2D eigenvalue weighted by molar-refractivity contribution is 0.305. The predicted molar refractivity (Wildman–Crippen MR) is 58.7 cm³/mol. The van der Waals surface area contributed by atoms with E-state index in [0.717, 1.165) is 28.3 Å². The van der Waals surface area contributed by atoms with E-state index in [1.54, 1.807) is 18.6 Å². The molecule has 0 radical (unpaired) electrons. The molecule has 3 rings (SSSR count). The van der Waals surface area contributed by atoms with Crippen LogP contribution in [0, 0.1) is 0 Å². The third-order valence-electron chi connectivity index (χ3n) is 2.40. The highest BCUT2D eigenvalue weighted by molar-refractivity contribution is 9.10. The number of halogens is 1. The highest BCUT2D eigenvalue weighted by Crippen LogP contribution is 2.32. The van der Waals surface area contributed by atoms with E-state index >= 15 is 0 Å². The lowest BCUT2D eigenvalue weighted by atomic mass is 10.2. The van der Waals surface area contributed by atoms with E-state index in [9.17, 15) is 0 Å². The van der Waals surface area contributed by atoms with Gasteiger partial charge in [0.15, 0.2) is 0 Å². The van der Waals surface area contributed by atoms with Crippen LogP contribution in [0.2, 0.25) is 0 Å². The van der Waals surface area contributed by atoms with Gasteiger partial charge in [0, 0.05) is 12.4 Å². The van der Waals surface area contributed by atoms with E-state index in [0.29, 0.717) is 6.61 Å². The lowest BCUT2D eigenvalue weighted by Crippen LogP contribution is -2.05.